The smallest absolute Gasteiger partial charge is 0.0797 e. The van der Waals surface area contributed by atoms with Gasteiger partial charge in [0.15, 0.2) is 0 Å². The maximum absolute atomic E-state index is 4.03. The molecule has 1 aromatic rings. The van der Waals surface area contributed by atoms with Crippen LogP contribution in [0.25, 0.3) is 0 Å². The summed E-state index contributed by atoms with van der Waals surface area (Å²) in [7, 11) is 0. The fraction of sp³-hybridized carbons (Fsp3) is 0.400. The Kier molecular flexibility index (Phi) is 2.76. The molecular weight excluding hydrogens is 117 g/mol. The molecule has 0 aliphatic rings. The zero-order chi connectivity index (χ0) is 5.28. The summed E-state index contributed by atoms with van der Waals surface area (Å²) in [5, 5.41) is 0. The van der Waals surface area contributed by atoms with Crippen molar-refractivity contribution in [3.05, 3.63) is 16.1 Å². The number of hydrogen-bond acceptors (Lipinski definition) is 2. The zero-order valence-corrected chi connectivity index (χ0v) is 5.83. The van der Waals surface area contributed by atoms with Gasteiger partial charge in [-0.3, -0.25) is 0 Å². The molecule has 0 amide bonds. The molecule has 1 aromatic heterocycles. The highest BCUT2D eigenvalue weighted by atomic mass is 32.1. The molecule has 0 aliphatic heterocycles. The zero-order valence-electron chi connectivity index (χ0n) is 5.01. The molecule has 1 heterocycles. The number of hydrogen-bond donors (Lipinski definition) is 0. The Balaban J connectivity index is 0.000000490. The maximum atomic E-state index is 4.03. The van der Waals surface area contributed by atoms with Gasteiger partial charge >= 0.3 is 0 Å². The van der Waals surface area contributed by atoms with Crippen LogP contribution in [0.2, 0.25) is 0 Å². The Labute approximate surface area is 55.3 Å². The van der Waals surface area contributed by atoms with Gasteiger partial charge in [-0.15, -0.1) is 11.3 Å². The highest BCUT2D eigenvalue weighted by Crippen LogP contribution is 2.07. The second-order valence-corrected chi connectivity index (χ2v) is 2.55. The minimum Gasteiger partial charge on any atom is -0.250 e. The average molecular weight is 124 g/mol. The van der Waals surface area contributed by atoms with Gasteiger partial charge in [-0.2, -0.15) is 0 Å². The minimum atomic E-state index is 0. The van der Waals surface area contributed by atoms with Gasteiger partial charge < -0.3 is 0 Å². The van der Waals surface area contributed by atoms with Crippen LogP contribution in [0.1, 0.15) is 10.6 Å². The van der Waals surface area contributed by atoms with Crippen molar-refractivity contribution in [3.8, 4) is 0 Å². The second kappa shape index (κ2) is 2.87. The third-order valence-electron chi connectivity index (χ3n) is 0.985. The van der Waals surface area contributed by atoms with Gasteiger partial charge in [0.05, 0.1) is 11.2 Å². The van der Waals surface area contributed by atoms with Gasteiger partial charge in [-0.05, 0) is 13.8 Å². The fourth-order valence-electron chi connectivity index (χ4n) is 0.361. The third-order valence-corrected chi connectivity index (χ3v) is 1.85. The molecule has 3 radical (unpaired) electrons. The van der Waals surface area contributed by atoms with Crippen LogP contribution in [-0.4, -0.2) is 13.4 Å². The molecule has 1 nitrogen and oxygen atoms in total. The molecule has 41 valence electrons. The first-order valence-corrected chi connectivity index (χ1v) is 3.05. The van der Waals surface area contributed by atoms with Crippen LogP contribution < -0.4 is 0 Å². The predicted molar refractivity (Wildman–Crippen MR) is 37.3 cm³/mol. The minimum absolute atomic E-state index is 0. The van der Waals surface area contributed by atoms with E-state index in [2.05, 4.69) is 11.9 Å². The van der Waals surface area contributed by atoms with Gasteiger partial charge in [0.1, 0.15) is 0 Å². The van der Waals surface area contributed by atoms with Crippen molar-refractivity contribution in [1.82, 2.24) is 4.98 Å². The van der Waals surface area contributed by atoms with Crippen LogP contribution in [-0.2, 0) is 0 Å². The van der Waals surface area contributed by atoms with E-state index < -0.39 is 0 Å². The third kappa shape index (κ3) is 1.34. The van der Waals surface area contributed by atoms with E-state index in [1.165, 1.54) is 4.88 Å². The second-order valence-electron chi connectivity index (χ2n) is 1.49. The molecule has 0 N–H and O–H groups in total. The number of thiazole rings is 1. The van der Waals surface area contributed by atoms with Crippen LogP contribution in [0.15, 0.2) is 5.51 Å². The first kappa shape index (κ1) is 7.69. The molecule has 1 rings (SSSR count). The summed E-state index contributed by atoms with van der Waals surface area (Å²) < 4.78 is 0. The van der Waals surface area contributed by atoms with Crippen LogP contribution in [0.3, 0.4) is 0 Å². The molecular formula is C5H7BNS. The Hall–Kier alpha value is -0.305. The lowest BCUT2D eigenvalue weighted by Crippen LogP contribution is -1.68. The van der Waals surface area contributed by atoms with Crippen molar-refractivity contribution in [2.45, 2.75) is 13.8 Å². The Morgan fingerprint density at radius 3 is 2.25 bits per heavy atom. The van der Waals surface area contributed by atoms with Gasteiger partial charge in [-0.25, -0.2) is 4.98 Å². The first-order valence-electron chi connectivity index (χ1n) is 2.17. The van der Waals surface area contributed by atoms with E-state index in [1.807, 2.05) is 12.4 Å². The molecule has 0 atom stereocenters. The van der Waals surface area contributed by atoms with Crippen molar-refractivity contribution in [2.75, 3.05) is 0 Å². The standard InChI is InChI=1S/C5H7NS.B/c1-4-5(2)7-3-6-4;/h3H,1-2H3;. The highest BCUT2D eigenvalue weighted by Gasteiger charge is 1.88. The Morgan fingerprint density at radius 1 is 1.50 bits per heavy atom. The molecule has 0 fully saturated rings. The molecule has 0 unspecified atom stereocenters. The summed E-state index contributed by atoms with van der Waals surface area (Å²) in [5.41, 5.74) is 3.02. The average Bonchev–Trinajstić information content (AvgIpc) is 1.91. The predicted octanol–water partition coefficient (Wildman–Crippen LogP) is 1.38. The SMILES string of the molecule is Cc1ncsc1C.[B]. The molecule has 0 bridgehead atoms. The van der Waals surface area contributed by atoms with Gasteiger partial charge in [-0.1, -0.05) is 0 Å². The lowest BCUT2D eigenvalue weighted by Gasteiger charge is -1.77. The van der Waals surface area contributed by atoms with Crippen molar-refractivity contribution in [1.29, 1.82) is 0 Å². The maximum Gasteiger partial charge on any atom is 0.0797 e. The highest BCUT2D eigenvalue weighted by molar-refractivity contribution is 7.09. The molecule has 0 saturated heterocycles. The Morgan fingerprint density at radius 2 is 2.12 bits per heavy atom. The van der Waals surface area contributed by atoms with Crippen molar-refractivity contribution < 1.29 is 0 Å². The van der Waals surface area contributed by atoms with E-state index in [9.17, 15) is 0 Å². The van der Waals surface area contributed by atoms with E-state index >= 15 is 0 Å². The van der Waals surface area contributed by atoms with E-state index in [0.717, 1.165) is 5.69 Å². The molecule has 0 saturated carbocycles. The van der Waals surface area contributed by atoms with E-state index in [-0.39, 0.29) is 8.41 Å². The Bertz CT molecular complexity index is 145. The van der Waals surface area contributed by atoms with Crippen LogP contribution in [0.4, 0.5) is 0 Å². The van der Waals surface area contributed by atoms with Crippen molar-refractivity contribution in [3.63, 3.8) is 0 Å². The number of aromatic nitrogens is 1. The van der Waals surface area contributed by atoms with Gasteiger partial charge in [0.2, 0.25) is 0 Å². The summed E-state index contributed by atoms with van der Waals surface area (Å²) in [4.78, 5) is 5.35. The summed E-state index contributed by atoms with van der Waals surface area (Å²) >= 11 is 1.69. The monoisotopic (exact) mass is 124 g/mol. The first-order chi connectivity index (χ1) is 3.30. The number of aryl methyl sites for hydroxylation is 2. The fourth-order valence-corrected chi connectivity index (χ4v) is 0.953. The summed E-state index contributed by atoms with van der Waals surface area (Å²) in [5.74, 6) is 0. The van der Waals surface area contributed by atoms with Crippen LogP contribution in [0.5, 0.6) is 0 Å². The van der Waals surface area contributed by atoms with E-state index in [1.54, 1.807) is 11.3 Å². The molecule has 3 heteroatoms. The van der Waals surface area contributed by atoms with Crippen molar-refractivity contribution in [2.24, 2.45) is 0 Å². The molecule has 0 aromatic carbocycles. The quantitative estimate of drug-likeness (QED) is 0.476. The molecule has 8 heavy (non-hydrogen) atoms. The number of nitrogens with zero attached hydrogens (tertiary/aromatic N) is 1. The van der Waals surface area contributed by atoms with Crippen LogP contribution in [0, 0.1) is 13.8 Å². The molecule has 0 spiro atoms. The van der Waals surface area contributed by atoms with Gasteiger partial charge in [0, 0.05) is 13.3 Å². The van der Waals surface area contributed by atoms with E-state index in [0.29, 0.717) is 0 Å². The van der Waals surface area contributed by atoms with E-state index in [4.69, 9.17) is 0 Å². The summed E-state index contributed by atoms with van der Waals surface area (Å²) in [6, 6.07) is 0. The lowest BCUT2D eigenvalue weighted by molar-refractivity contribution is 1.23. The normalized spacial score (nSPS) is 8.25. The molecule has 0 aliphatic carbocycles. The summed E-state index contributed by atoms with van der Waals surface area (Å²) in [6.07, 6.45) is 0. The lowest BCUT2D eigenvalue weighted by atomic mass is 10.4. The summed E-state index contributed by atoms with van der Waals surface area (Å²) in [6.45, 7) is 4.10. The van der Waals surface area contributed by atoms with Crippen LogP contribution >= 0.6 is 11.3 Å². The largest absolute Gasteiger partial charge is 0.250 e. The number of rotatable bonds is 0. The topological polar surface area (TPSA) is 12.9 Å². The van der Waals surface area contributed by atoms with Gasteiger partial charge in [0.25, 0.3) is 0 Å². The van der Waals surface area contributed by atoms with Crippen molar-refractivity contribution >= 4 is 19.7 Å².